The van der Waals surface area contributed by atoms with E-state index >= 15 is 4.79 Å². The maximum Gasteiger partial charge on any atom is 0.410 e. The molecular formula is C48H78N4O9S. The standard InChI is InChI=1S/C48H78N4O9S/c1-15-23-52(45(56)37(31(7)17-3)27-40(54)42(32(8)18-4)51(13)47(58)61-48(10,11)12)39(30(5)6)28-41(60-24-16-2)44-50-38(29-62-44)43(55)49-35(25-33(9)46(57)59-14)26-34-19-21-36(53)22-20-34/h19-22,29-33,35,37,39,41-42,53H,15-18,23-28H2,1-14H3,(H,49,55)/t31-,32-,33-,35+,37-,39+,41+,42-/m0/s1. The Balaban J connectivity index is 2.48. The molecule has 1 aromatic heterocycles. The maximum absolute atomic E-state index is 15.0. The molecule has 0 bridgehead atoms. The van der Waals surface area contributed by atoms with Crippen molar-refractivity contribution in [3.8, 4) is 5.75 Å². The minimum atomic E-state index is -0.753. The number of ether oxygens (including phenoxy) is 3. The number of aromatic nitrogens is 1. The van der Waals surface area contributed by atoms with Gasteiger partial charge in [-0.3, -0.25) is 19.2 Å². The summed E-state index contributed by atoms with van der Waals surface area (Å²) < 4.78 is 17.1. The van der Waals surface area contributed by atoms with E-state index in [0.717, 1.165) is 12.0 Å². The number of ketones is 1. The highest BCUT2D eigenvalue weighted by Gasteiger charge is 2.40. The van der Waals surface area contributed by atoms with Gasteiger partial charge in [-0.25, -0.2) is 9.78 Å². The summed E-state index contributed by atoms with van der Waals surface area (Å²) in [5.41, 5.74) is 0.374. The first kappa shape index (κ1) is 54.1. The largest absolute Gasteiger partial charge is 0.508 e. The van der Waals surface area contributed by atoms with Crippen LogP contribution in [0.2, 0.25) is 0 Å². The van der Waals surface area contributed by atoms with E-state index in [9.17, 15) is 24.3 Å². The Bertz CT molecular complexity index is 1710. The summed E-state index contributed by atoms with van der Waals surface area (Å²) in [6.07, 6.45) is 2.89. The van der Waals surface area contributed by atoms with Gasteiger partial charge >= 0.3 is 12.1 Å². The van der Waals surface area contributed by atoms with Crippen LogP contribution in [0.5, 0.6) is 5.75 Å². The van der Waals surface area contributed by atoms with E-state index in [0.29, 0.717) is 56.7 Å². The number of Topliss-reactive ketones (excluding diaryl/α,β-unsaturated/α-hetero) is 1. The van der Waals surface area contributed by atoms with Crippen LogP contribution < -0.4 is 5.32 Å². The first-order valence-corrected chi connectivity index (χ1v) is 23.5. The number of nitrogens with zero attached hydrogens (tertiary/aromatic N) is 3. The third-order valence-electron chi connectivity index (χ3n) is 11.6. The van der Waals surface area contributed by atoms with Gasteiger partial charge in [0.05, 0.1) is 19.1 Å². The molecule has 0 fully saturated rings. The molecule has 0 aliphatic rings. The van der Waals surface area contributed by atoms with Crippen molar-refractivity contribution in [2.75, 3.05) is 27.3 Å². The summed E-state index contributed by atoms with van der Waals surface area (Å²) >= 11 is 1.33. The lowest BCUT2D eigenvalue weighted by Gasteiger charge is -2.40. The maximum atomic E-state index is 15.0. The third-order valence-corrected chi connectivity index (χ3v) is 12.5. The molecule has 2 N–H and O–H groups in total. The molecule has 2 aromatic rings. The van der Waals surface area contributed by atoms with Crippen LogP contribution in [0.25, 0.3) is 0 Å². The SMILES string of the molecule is CCCO[C@H](C[C@H](C(C)C)N(CCC)C(=O)[C@@H](CC(=O)[C@H]([C@@H](C)CC)N(C)C(=O)OC(C)(C)C)[C@@H](C)CC)c1nc(C(=O)N[C@@H](Cc2ccc(O)cc2)C[C@H](C)C(=O)OC)cs1. The average Bonchev–Trinajstić information content (AvgIpc) is 3.72. The predicted octanol–water partition coefficient (Wildman–Crippen LogP) is 9.41. The molecule has 62 heavy (non-hydrogen) atoms. The number of nitrogens with one attached hydrogen (secondary N) is 1. The molecule has 0 aliphatic carbocycles. The fourth-order valence-electron chi connectivity index (χ4n) is 7.75. The van der Waals surface area contributed by atoms with Gasteiger partial charge in [0.25, 0.3) is 5.91 Å². The van der Waals surface area contributed by atoms with E-state index in [1.54, 1.807) is 64.4 Å². The van der Waals surface area contributed by atoms with Gasteiger partial charge in [-0.2, -0.15) is 0 Å². The van der Waals surface area contributed by atoms with E-state index in [2.05, 4.69) is 19.2 Å². The molecule has 0 saturated carbocycles. The van der Waals surface area contributed by atoms with Gasteiger partial charge in [0.1, 0.15) is 28.2 Å². The first-order chi connectivity index (χ1) is 29.1. The number of benzene rings is 1. The second kappa shape index (κ2) is 25.9. The molecule has 0 unspecified atom stereocenters. The van der Waals surface area contributed by atoms with Gasteiger partial charge in [-0.15, -0.1) is 11.3 Å². The number of amides is 3. The van der Waals surface area contributed by atoms with Crippen molar-refractivity contribution in [3.05, 3.63) is 45.9 Å². The van der Waals surface area contributed by atoms with E-state index in [-0.39, 0.29) is 65.2 Å². The summed E-state index contributed by atoms with van der Waals surface area (Å²) in [4.78, 5) is 76.9. The number of phenolic OH excluding ortho intramolecular Hbond substituents is 1. The van der Waals surface area contributed by atoms with Crippen LogP contribution in [0.3, 0.4) is 0 Å². The number of hydrogen-bond donors (Lipinski definition) is 2. The lowest BCUT2D eigenvalue weighted by molar-refractivity contribution is -0.145. The van der Waals surface area contributed by atoms with E-state index in [1.807, 2.05) is 46.4 Å². The number of aromatic hydroxyl groups is 1. The molecular weight excluding hydrogens is 809 g/mol. The van der Waals surface area contributed by atoms with Crippen molar-refractivity contribution < 1.29 is 43.3 Å². The number of likely N-dealkylation sites (N-methyl/N-ethyl adjacent to an activating group) is 1. The molecule has 0 aliphatic heterocycles. The number of esters is 1. The van der Waals surface area contributed by atoms with Crippen LogP contribution in [0, 0.1) is 29.6 Å². The Labute approximate surface area is 376 Å². The van der Waals surface area contributed by atoms with Gasteiger partial charge in [0.2, 0.25) is 5.91 Å². The number of thiazole rings is 1. The summed E-state index contributed by atoms with van der Waals surface area (Å²) in [6, 6.07) is 5.27. The molecule has 3 amide bonds. The highest BCUT2D eigenvalue weighted by Crippen LogP contribution is 2.34. The van der Waals surface area contributed by atoms with E-state index in [4.69, 9.17) is 19.2 Å². The Morgan fingerprint density at radius 1 is 0.903 bits per heavy atom. The Morgan fingerprint density at radius 2 is 1.53 bits per heavy atom. The molecule has 0 radical (unpaired) electrons. The van der Waals surface area contributed by atoms with Crippen molar-refractivity contribution in [1.29, 1.82) is 0 Å². The van der Waals surface area contributed by atoms with Gasteiger partial charge in [-0.1, -0.05) is 87.3 Å². The smallest absolute Gasteiger partial charge is 0.410 e. The monoisotopic (exact) mass is 887 g/mol. The van der Waals surface area contributed by atoms with Crippen LogP contribution in [-0.2, 0) is 35.0 Å². The van der Waals surface area contributed by atoms with Crippen molar-refractivity contribution in [2.45, 2.75) is 164 Å². The minimum Gasteiger partial charge on any atom is -0.508 e. The fourth-order valence-corrected chi connectivity index (χ4v) is 8.60. The van der Waals surface area contributed by atoms with Crippen LogP contribution >= 0.6 is 11.3 Å². The number of hydrogen-bond acceptors (Lipinski definition) is 11. The zero-order valence-electron chi connectivity index (χ0n) is 40.1. The summed E-state index contributed by atoms with van der Waals surface area (Å²) in [5, 5.41) is 15.2. The third kappa shape index (κ3) is 16.6. The van der Waals surface area contributed by atoms with E-state index in [1.165, 1.54) is 23.3 Å². The minimum absolute atomic E-state index is 0.00608. The van der Waals surface area contributed by atoms with Crippen LogP contribution in [0.15, 0.2) is 29.6 Å². The summed E-state index contributed by atoms with van der Waals surface area (Å²) in [7, 11) is 2.94. The zero-order chi connectivity index (χ0) is 46.9. The molecule has 0 saturated heterocycles. The molecule has 14 heteroatoms. The lowest BCUT2D eigenvalue weighted by Crippen LogP contribution is -2.51. The van der Waals surface area contributed by atoms with Gasteiger partial charge in [0, 0.05) is 56.4 Å². The topological polar surface area (TPSA) is 165 Å². The zero-order valence-corrected chi connectivity index (χ0v) is 40.9. The molecule has 350 valence electrons. The Hall–Kier alpha value is -4.04. The van der Waals surface area contributed by atoms with Gasteiger partial charge in [0.15, 0.2) is 5.78 Å². The normalized spacial score (nSPS) is 15.7. The quantitative estimate of drug-likeness (QED) is 0.0870. The highest BCUT2D eigenvalue weighted by atomic mass is 32.1. The molecule has 8 atom stereocenters. The first-order valence-electron chi connectivity index (χ1n) is 22.6. The van der Waals surface area contributed by atoms with Crippen molar-refractivity contribution >= 4 is 41.0 Å². The van der Waals surface area contributed by atoms with E-state index < -0.39 is 41.7 Å². The van der Waals surface area contributed by atoms with Gasteiger partial charge < -0.3 is 34.4 Å². The molecule has 0 spiro atoms. The Kier molecular flexibility index (Phi) is 22.6. The molecule has 1 heterocycles. The van der Waals surface area contributed by atoms with Crippen LogP contribution in [0.4, 0.5) is 4.79 Å². The predicted molar refractivity (Wildman–Crippen MR) is 245 cm³/mol. The summed E-state index contributed by atoms with van der Waals surface area (Å²) in [6.45, 7) is 24.3. The second-order valence-corrected chi connectivity index (χ2v) is 19.2. The van der Waals surface area contributed by atoms with Crippen molar-refractivity contribution in [1.82, 2.24) is 20.1 Å². The Morgan fingerprint density at radius 3 is 2.06 bits per heavy atom. The fraction of sp³-hybridized carbons (Fsp3) is 0.708. The number of rotatable bonds is 26. The van der Waals surface area contributed by atoms with Crippen LogP contribution in [0.1, 0.15) is 155 Å². The number of carbonyl (C=O) groups is 5. The highest BCUT2D eigenvalue weighted by molar-refractivity contribution is 7.09. The average molecular weight is 887 g/mol. The second-order valence-electron chi connectivity index (χ2n) is 18.3. The number of carbonyl (C=O) groups excluding carboxylic acids is 5. The summed E-state index contributed by atoms with van der Waals surface area (Å²) in [5.74, 6) is -2.22. The molecule has 2 rings (SSSR count). The molecule has 13 nitrogen and oxygen atoms in total. The van der Waals surface area contributed by atoms with Crippen molar-refractivity contribution in [3.63, 3.8) is 0 Å². The number of phenols is 1. The van der Waals surface area contributed by atoms with Crippen molar-refractivity contribution in [2.24, 2.45) is 29.6 Å². The lowest BCUT2D eigenvalue weighted by atomic mass is 9.81. The van der Waals surface area contributed by atoms with Crippen LogP contribution in [-0.4, -0.2) is 101 Å². The number of methoxy groups -OCH3 is 1. The molecule has 1 aromatic carbocycles. The van der Waals surface area contributed by atoms with Gasteiger partial charge in [-0.05, 0) is 81.9 Å².